The minimum absolute atomic E-state index is 0.237. The normalized spacial score (nSPS) is 18.5. The number of nitrogens with zero attached hydrogens (tertiary/aromatic N) is 1. The summed E-state index contributed by atoms with van der Waals surface area (Å²) < 4.78 is 12.2. The lowest BCUT2D eigenvalue weighted by atomic mass is 9.77. The van der Waals surface area contributed by atoms with Gasteiger partial charge in [-0.05, 0) is 96.6 Å². The number of piperidine rings is 1. The highest BCUT2D eigenvalue weighted by Gasteiger charge is 2.47. The molecule has 7 heteroatoms. The van der Waals surface area contributed by atoms with E-state index in [0.29, 0.717) is 30.9 Å². The molecular weight excluding hydrogens is 650 g/mol. The zero-order valence-electron chi connectivity index (χ0n) is 35.8. The molecule has 1 aliphatic rings. The quantitative estimate of drug-likeness (QED) is 0.262. The van der Waals surface area contributed by atoms with Crippen molar-refractivity contribution in [3.8, 4) is 11.5 Å². The van der Waals surface area contributed by atoms with Gasteiger partial charge in [-0.15, -0.1) is 0 Å². The Morgan fingerprint density at radius 2 is 0.962 bits per heavy atom. The van der Waals surface area contributed by atoms with E-state index in [2.05, 4.69) is 116 Å². The van der Waals surface area contributed by atoms with E-state index in [-0.39, 0.29) is 57.4 Å². The summed E-state index contributed by atoms with van der Waals surface area (Å²) in [5, 5.41) is 22.4. The number of phenols is 2. The van der Waals surface area contributed by atoms with Gasteiger partial charge >= 0.3 is 11.9 Å². The molecule has 1 fully saturated rings. The van der Waals surface area contributed by atoms with Gasteiger partial charge in [0.25, 0.3) is 0 Å². The fraction of sp³-hybridized carbons (Fsp3) is 0.689. The molecule has 292 valence electrons. The molecule has 0 saturated carbocycles. The first kappa shape index (κ1) is 43.3. The Labute approximate surface area is 315 Å². The molecule has 2 N–H and O–H groups in total. The van der Waals surface area contributed by atoms with Crippen LogP contribution in [0.15, 0.2) is 24.3 Å². The Hall–Kier alpha value is -3.06. The first-order valence-corrected chi connectivity index (χ1v) is 19.2. The minimum atomic E-state index is -0.499. The summed E-state index contributed by atoms with van der Waals surface area (Å²) >= 11 is 0. The van der Waals surface area contributed by atoms with Gasteiger partial charge in [-0.3, -0.25) is 14.5 Å². The number of hydrogen-bond donors (Lipinski definition) is 2. The lowest BCUT2D eigenvalue weighted by Crippen LogP contribution is -2.63. The van der Waals surface area contributed by atoms with Gasteiger partial charge in [0, 0.05) is 30.5 Å². The number of aromatic hydroxyl groups is 2. The maximum Gasteiger partial charge on any atom is 0.313 e. The van der Waals surface area contributed by atoms with E-state index < -0.39 is 11.8 Å². The van der Waals surface area contributed by atoms with Crippen molar-refractivity contribution in [2.24, 2.45) is 0 Å². The van der Waals surface area contributed by atoms with Crippen LogP contribution < -0.4 is 0 Å². The van der Waals surface area contributed by atoms with Crippen LogP contribution in [-0.4, -0.2) is 57.4 Å². The van der Waals surface area contributed by atoms with Crippen LogP contribution in [0.1, 0.15) is 183 Å². The molecule has 3 rings (SSSR count). The zero-order valence-corrected chi connectivity index (χ0v) is 35.8. The zero-order chi connectivity index (χ0) is 40.2. The number of likely N-dealkylation sites (tertiary alicyclic amines) is 1. The topological polar surface area (TPSA) is 96.3 Å². The Morgan fingerprint density at radius 1 is 0.654 bits per heavy atom. The average molecular weight is 722 g/mol. The van der Waals surface area contributed by atoms with Crippen molar-refractivity contribution in [2.75, 3.05) is 13.2 Å². The fourth-order valence-electron chi connectivity index (χ4n) is 7.92. The highest BCUT2D eigenvalue weighted by molar-refractivity contribution is 5.79. The molecule has 0 aliphatic carbocycles. The standard InChI is InChI=1S/C45H71NO6/c1-27(29-21-32(40(3,4)5)36(47)33(22-29)41(6,7)8)38(49)51-20-19-46-44(15,16)25-31(26-45(46,17)18)52-39(50)28(2)30-23-34(42(9,10)11)37(48)35(24-30)43(12,13)14/h21-24,27-28,31,47-48H,19-20,25-26H2,1-18H3. The summed E-state index contributed by atoms with van der Waals surface area (Å²) in [6.07, 6.45) is 1.02. The van der Waals surface area contributed by atoms with Gasteiger partial charge < -0.3 is 19.7 Å². The number of rotatable bonds is 8. The number of phenolic OH excluding ortho intramolecular Hbond substituents is 2. The molecule has 1 aliphatic heterocycles. The second-order valence-electron chi connectivity index (χ2n) is 20.8. The fourth-order valence-corrected chi connectivity index (χ4v) is 7.92. The summed E-state index contributed by atoms with van der Waals surface area (Å²) in [4.78, 5) is 29.6. The summed E-state index contributed by atoms with van der Waals surface area (Å²) in [6.45, 7) is 38.0. The van der Waals surface area contributed by atoms with Crippen molar-refractivity contribution in [2.45, 2.75) is 188 Å². The first-order valence-electron chi connectivity index (χ1n) is 19.2. The van der Waals surface area contributed by atoms with Gasteiger partial charge in [-0.1, -0.05) is 107 Å². The van der Waals surface area contributed by atoms with Gasteiger partial charge in [-0.25, -0.2) is 0 Å². The smallest absolute Gasteiger partial charge is 0.313 e. The van der Waals surface area contributed by atoms with E-state index in [1.54, 1.807) is 0 Å². The minimum Gasteiger partial charge on any atom is -0.507 e. The van der Waals surface area contributed by atoms with Crippen LogP contribution in [0.2, 0.25) is 0 Å². The van der Waals surface area contributed by atoms with Crippen LogP contribution in [0.3, 0.4) is 0 Å². The predicted molar refractivity (Wildman–Crippen MR) is 213 cm³/mol. The third-order valence-electron chi connectivity index (χ3n) is 11.0. The van der Waals surface area contributed by atoms with E-state index in [9.17, 15) is 19.8 Å². The average Bonchev–Trinajstić information content (AvgIpc) is 2.94. The highest BCUT2D eigenvalue weighted by atomic mass is 16.5. The molecule has 2 unspecified atom stereocenters. The van der Waals surface area contributed by atoms with Gasteiger partial charge in [0.2, 0.25) is 0 Å². The molecular formula is C45H71NO6. The molecule has 0 spiro atoms. The number of esters is 2. The predicted octanol–water partition coefficient (Wildman–Crippen LogP) is 10.3. The third-order valence-corrected chi connectivity index (χ3v) is 11.0. The van der Waals surface area contributed by atoms with Crippen LogP contribution in [0.25, 0.3) is 0 Å². The maximum absolute atomic E-state index is 13.8. The molecule has 1 saturated heterocycles. The van der Waals surface area contributed by atoms with Crippen LogP contribution in [-0.2, 0) is 40.7 Å². The van der Waals surface area contributed by atoms with Gasteiger partial charge in [0.05, 0.1) is 11.8 Å². The van der Waals surface area contributed by atoms with E-state index in [1.807, 2.05) is 38.1 Å². The van der Waals surface area contributed by atoms with E-state index >= 15 is 0 Å². The van der Waals surface area contributed by atoms with Crippen LogP contribution >= 0.6 is 0 Å². The molecule has 0 aromatic heterocycles. The van der Waals surface area contributed by atoms with Gasteiger partial charge in [0.15, 0.2) is 0 Å². The molecule has 2 aromatic carbocycles. The summed E-state index contributed by atoms with van der Waals surface area (Å²) in [5.74, 6) is -0.967. The van der Waals surface area contributed by atoms with Crippen molar-refractivity contribution in [3.63, 3.8) is 0 Å². The summed E-state index contributed by atoms with van der Waals surface area (Å²) in [5.41, 5.74) is 3.14. The van der Waals surface area contributed by atoms with Crippen molar-refractivity contribution in [1.82, 2.24) is 4.90 Å². The Bertz CT molecular complexity index is 1530. The van der Waals surface area contributed by atoms with E-state index in [0.717, 1.165) is 33.4 Å². The Kier molecular flexibility index (Phi) is 12.2. The van der Waals surface area contributed by atoms with Crippen molar-refractivity contribution < 1.29 is 29.3 Å². The molecule has 0 bridgehead atoms. The molecule has 1 heterocycles. The number of hydrogen-bond acceptors (Lipinski definition) is 7. The maximum atomic E-state index is 13.8. The highest BCUT2D eigenvalue weighted by Crippen LogP contribution is 2.44. The number of ether oxygens (including phenoxy) is 2. The third kappa shape index (κ3) is 9.72. The SMILES string of the molecule is CC(C(=O)OCCN1C(C)(C)CC(OC(=O)C(C)c2cc(C(C)(C)C)c(O)c(C(C)(C)C)c2)CC1(C)C)c1cc(C(C)(C)C)c(O)c(C(C)(C)C)c1. The van der Waals surface area contributed by atoms with Crippen LogP contribution in [0.4, 0.5) is 0 Å². The second-order valence-corrected chi connectivity index (χ2v) is 20.8. The Morgan fingerprint density at radius 3 is 1.27 bits per heavy atom. The molecule has 0 amide bonds. The van der Waals surface area contributed by atoms with Crippen molar-refractivity contribution in [3.05, 3.63) is 57.6 Å². The van der Waals surface area contributed by atoms with Gasteiger partial charge in [-0.2, -0.15) is 0 Å². The van der Waals surface area contributed by atoms with Crippen molar-refractivity contribution >= 4 is 11.9 Å². The number of carbonyl (C=O) groups excluding carboxylic acids is 2. The number of carbonyl (C=O) groups is 2. The Balaban J connectivity index is 1.73. The molecule has 7 nitrogen and oxygen atoms in total. The second kappa shape index (κ2) is 14.6. The van der Waals surface area contributed by atoms with Crippen molar-refractivity contribution in [1.29, 1.82) is 0 Å². The lowest BCUT2D eigenvalue weighted by molar-refractivity contribution is -0.164. The largest absolute Gasteiger partial charge is 0.507 e. The molecule has 2 aromatic rings. The first-order chi connectivity index (χ1) is 23.3. The molecule has 52 heavy (non-hydrogen) atoms. The van der Waals surface area contributed by atoms with E-state index in [4.69, 9.17) is 9.47 Å². The lowest BCUT2D eigenvalue weighted by Gasteiger charge is -2.54. The summed E-state index contributed by atoms with van der Waals surface area (Å²) in [6, 6.07) is 7.82. The van der Waals surface area contributed by atoms with E-state index in [1.165, 1.54) is 0 Å². The van der Waals surface area contributed by atoms with Crippen LogP contribution in [0, 0.1) is 0 Å². The number of benzene rings is 2. The van der Waals surface area contributed by atoms with Crippen LogP contribution in [0.5, 0.6) is 11.5 Å². The molecule has 2 atom stereocenters. The molecule has 0 radical (unpaired) electrons. The van der Waals surface area contributed by atoms with Gasteiger partial charge in [0.1, 0.15) is 24.2 Å². The monoisotopic (exact) mass is 722 g/mol. The summed E-state index contributed by atoms with van der Waals surface area (Å²) in [7, 11) is 0.